The third kappa shape index (κ3) is 4.05. The average Bonchev–Trinajstić information content (AvgIpc) is 2.68. The molecule has 0 spiro atoms. The van der Waals surface area contributed by atoms with Crippen molar-refractivity contribution in [3.05, 3.63) is 47.1 Å². The Kier molecular flexibility index (Phi) is 5.58. The van der Waals surface area contributed by atoms with Gasteiger partial charge in [-0.3, -0.25) is 9.59 Å². The van der Waals surface area contributed by atoms with Crippen molar-refractivity contribution in [1.82, 2.24) is 14.8 Å². The van der Waals surface area contributed by atoms with Crippen LogP contribution in [0, 0.1) is 0 Å². The van der Waals surface area contributed by atoms with Crippen molar-refractivity contribution in [3.8, 4) is 5.75 Å². The number of nitrogens with zero attached hydrogens (tertiary/aromatic N) is 3. The molecule has 1 saturated heterocycles. The zero-order valence-corrected chi connectivity index (χ0v) is 15.1. The van der Waals surface area contributed by atoms with E-state index in [1.807, 2.05) is 0 Å². The number of amides is 2. The lowest BCUT2D eigenvalue weighted by Gasteiger charge is -2.32. The molecule has 2 amide bonds. The second-order valence-corrected chi connectivity index (χ2v) is 6.27. The summed E-state index contributed by atoms with van der Waals surface area (Å²) in [6, 6.07) is 8.70. The number of hydrogen-bond acceptors (Lipinski definition) is 5. The highest BCUT2D eigenvalue weighted by molar-refractivity contribution is 6.31. The maximum atomic E-state index is 12.5. The van der Waals surface area contributed by atoms with E-state index in [9.17, 15) is 9.59 Å². The molecular formula is C18H19ClN4O3. The minimum absolute atomic E-state index is 0.0880. The van der Waals surface area contributed by atoms with Crippen LogP contribution in [0.1, 0.15) is 10.4 Å². The molecule has 1 aromatic carbocycles. The Morgan fingerprint density at radius 1 is 1.23 bits per heavy atom. The maximum absolute atomic E-state index is 12.5. The molecule has 1 aliphatic rings. The van der Waals surface area contributed by atoms with Crippen LogP contribution in [0.15, 0.2) is 36.5 Å². The smallest absolute Gasteiger partial charge is 0.255 e. The van der Waals surface area contributed by atoms with E-state index in [1.54, 1.807) is 47.2 Å². The number of carbonyl (C=O) groups excluding carboxylic acids is 2. The zero-order chi connectivity index (χ0) is 18.5. The number of ether oxygens (including phenoxy) is 1. The van der Waals surface area contributed by atoms with E-state index in [4.69, 9.17) is 16.3 Å². The van der Waals surface area contributed by atoms with Crippen LogP contribution in [0.4, 0.5) is 11.5 Å². The molecule has 0 atom stereocenters. The van der Waals surface area contributed by atoms with Crippen molar-refractivity contribution >= 4 is 35.4 Å². The summed E-state index contributed by atoms with van der Waals surface area (Å²) >= 11 is 6.02. The van der Waals surface area contributed by atoms with Gasteiger partial charge >= 0.3 is 0 Å². The number of methoxy groups -OCH3 is 1. The summed E-state index contributed by atoms with van der Waals surface area (Å²) in [4.78, 5) is 31.0. The largest absolute Gasteiger partial charge is 0.495 e. The van der Waals surface area contributed by atoms with Crippen LogP contribution in [0.3, 0.4) is 0 Å². The number of halogens is 1. The fourth-order valence-electron chi connectivity index (χ4n) is 2.72. The van der Waals surface area contributed by atoms with Crippen molar-refractivity contribution in [2.45, 2.75) is 0 Å². The highest BCUT2D eigenvalue weighted by Crippen LogP contribution is 2.29. The maximum Gasteiger partial charge on any atom is 0.255 e. The quantitative estimate of drug-likeness (QED) is 0.813. The topological polar surface area (TPSA) is 74.8 Å². The van der Waals surface area contributed by atoms with Gasteiger partial charge in [0.25, 0.3) is 5.91 Å². The van der Waals surface area contributed by atoms with Gasteiger partial charge in [0, 0.05) is 37.4 Å². The third-order valence-corrected chi connectivity index (χ3v) is 4.42. The molecule has 0 bridgehead atoms. The molecule has 3 rings (SSSR count). The Balaban J connectivity index is 1.68. The van der Waals surface area contributed by atoms with Crippen LogP contribution < -0.4 is 10.1 Å². The number of carbonyl (C=O) groups is 2. The number of nitrogens with one attached hydrogen (secondary N) is 1. The highest BCUT2D eigenvalue weighted by Gasteiger charge is 2.21. The molecular weight excluding hydrogens is 356 g/mol. The number of pyridine rings is 1. The second kappa shape index (κ2) is 8.05. The summed E-state index contributed by atoms with van der Waals surface area (Å²) in [5, 5.41) is 3.71. The van der Waals surface area contributed by atoms with Crippen LogP contribution in [0.2, 0.25) is 5.02 Å². The lowest BCUT2D eigenvalue weighted by Crippen LogP contribution is -2.48. The van der Waals surface area contributed by atoms with E-state index in [1.165, 1.54) is 6.20 Å². The third-order valence-electron chi connectivity index (χ3n) is 4.19. The summed E-state index contributed by atoms with van der Waals surface area (Å²) in [6.07, 6.45) is 2.35. The molecule has 26 heavy (non-hydrogen) atoms. The summed E-state index contributed by atoms with van der Waals surface area (Å²) in [5.41, 5.74) is 1.20. The van der Waals surface area contributed by atoms with Crippen LogP contribution in [-0.4, -0.2) is 60.4 Å². The van der Waals surface area contributed by atoms with E-state index < -0.39 is 0 Å². The molecule has 1 fully saturated rings. The Bertz CT molecular complexity index is 790. The first kappa shape index (κ1) is 18.0. The van der Waals surface area contributed by atoms with Gasteiger partial charge < -0.3 is 19.9 Å². The lowest BCUT2D eigenvalue weighted by molar-refractivity contribution is -0.119. The predicted octanol–water partition coefficient (Wildman–Crippen LogP) is 2.40. The van der Waals surface area contributed by atoms with Gasteiger partial charge in [0.1, 0.15) is 11.6 Å². The van der Waals surface area contributed by atoms with Crippen LogP contribution >= 0.6 is 11.6 Å². The first-order chi connectivity index (χ1) is 12.6. The van der Waals surface area contributed by atoms with Crippen molar-refractivity contribution < 1.29 is 14.3 Å². The highest BCUT2D eigenvalue weighted by atomic mass is 35.5. The molecule has 0 unspecified atom stereocenters. The SMILES string of the molecule is COc1ccc(Cl)cc1Nc1ccc(C(=O)N2CCN(C=O)CC2)cn1. The van der Waals surface area contributed by atoms with E-state index in [2.05, 4.69) is 10.3 Å². The monoisotopic (exact) mass is 374 g/mol. The standard InChI is InChI=1S/C18H19ClN4O3/c1-26-16-4-3-14(19)10-15(16)21-17-5-2-13(11-20-17)18(25)23-8-6-22(12-24)7-9-23/h2-5,10-12H,6-9H2,1H3,(H,20,21). The molecule has 2 aromatic rings. The molecule has 0 aliphatic carbocycles. The Morgan fingerprint density at radius 2 is 2.00 bits per heavy atom. The molecule has 136 valence electrons. The molecule has 0 saturated carbocycles. The van der Waals surface area contributed by atoms with E-state index >= 15 is 0 Å². The summed E-state index contributed by atoms with van der Waals surface area (Å²) in [6.45, 7) is 2.16. The number of benzene rings is 1. The number of hydrogen-bond donors (Lipinski definition) is 1. The number of anilines is 2. The second-order valence-electron chi connectivity index (χ2n) is 5.84. The van der Waals surface area contributed by atoms with Gasteiger partial charge in [-0.2, -0.15) is 0 Å². The fraction of sp³-hybridized carbons (Fsp3) is 0.278. The van der Waals surface area contributed by atoms with E-state index in [0.29, 0.717) is 54.0 Å². The van der Waals surface area contributed by atoms with Crippen LogP contribution in [-0.2, 0) is 4.79 Å². The van der Waals surface area contributed by atoms with Crippen LogP contribution in [0.5, 0.6) is 5.75 Å². The molecule has 2 heterocycles. The first-order valence-electron chi connectivity index (χ1n) is 8.16. The minimum atomic E-state index is -0.0880. The molecule has 0 radical (unpaired) electrons. The molecule has 1 aromatic heterocycles. The van der Waals surface area contributed by atoms with Crippen LogP contribution in [0.25, 0.3) is 0 Å². The summed E-state index contributed by atoms with van der Waals surface area (Å²) < 4.78 is 5.29. The van der Waals surface area contributed by atoms with Gasteiger partial charge in [-0.25, -0.2) is 4.98 Å². The van der Waals surface area contributed by atoms with E-state index in [-0.39, 0.29) is 5.91 Å². The number of piperazine rings is 1. The Hall–Kier alpha value is -2.80. The van der Waals surface area contributed by atoms with Gasteiger partial charge in [0.2, 0.25) is 6.41 Å². The lowest BCUT2D eigenvalue weighted by atomic mass is 10.2. The van der Waals surface area contributed by atoms with Crippen molar-refractivity contribution in [1.29, 1.82) is 0 Å². The Morgan fingerprint density at radius 3 is 2.62 bits per heavy atom. The van der Waals surface area contributed by atoms with Gasteiger partial charge in [-0.1, -0.05) is 11.6 Å². The van der Waals surface area contributed by atoms with Gasteiger partial charge in [0.15, 0.2) is 0 Å². The molecule has 8 heteroatoms. The first-order valence-corrected chi connectivity index (χ1v) is 8.54. The normalized spacial score (nSPS) is 14.1. The van der Waals surface area contributed by atoms with Crippen molar-refractivity contribution in [2.75, 3.05) is 38.6 Å². The van der Waals surface area contributed by atoms with Gasteiger partial charge in [-0.05, 0) is 30.3 Å². The number of rotatable bonds is 5. The fourth-order valence-corrected chi connectivity index (χ4v) is 2.90. The Labute approximate surface area is 156 Å². The average molecular weight is 375 g/mol. The molecule has 7 nitrogen and oxygen atoms in total. The summed E-state index contributed by atoms with van der Waals surface area (Å²) in [7, 11) is 1.58. The van der Waals surface area contributed by atoms with Gasteiger partial charge in [-0.15, -0.1) is 0 Å². The molecule has 1 N–H and O–H groups in total. The van der Waals surface area contributed by atoms with Crippen molar-refractivity contribution in [2.24, 2.45) is 0 Å². The minimum Gasteiger partial charge on any atom is -0.495 e. The molecule has 1 aliphatic heterocycles. The summed E-state index contributed by atoms with van der Waals surface area (Å²) in [5.74, 6) is 1.13. The van der Waals surface area contributed by atoms with Gasteiger partial charge in [0.05, 0.1) is 18.4 Å². The number of aromatic nitrogens is 1. The zero-order valence-electron chi connectivity index (χ0n) is 14.3. The van der Waals surface area contributed by atoms with E-state index in [0.717, 1.165) is 6.41 Å². The van der Waals surface area contributed by atoms with Crippen molar-refractivity contribution in [3.63, 3.8) is 0 Å². The predicted molar refractivity (Wildman–Crippen MR) is 99.1 cm³/mol.